The second-order valence-electron chi connectivity index (χ2n) is 2.96. The van der Waals surface area contributed by atoms with Gasteiger partial charge in [-0.2, -0.15) is 0 Å². The van der Waals surface area contributed by atoms with Gasteiger partial charge in [-0.25, -0.2) is 0 Å². The monoisotopic (exact) mass is 185 g/mol. The molecule has 0 aromatic heterocycles. The minimum atomic E-state index is -0.0770. The van der Waals surface area contributed by atoms with E-state index < -0.39 is 0 Å². The van der Waals surface area contributed by atoms with Crippen molar-refractivity contribution in [1.82, 2.24) is 0 Å². The van der Waals surface area contributed by atoms with Gasteiger partial charge >= 0.3 is 0 Å². The molecule has 0 amide bonds. The maximum atomic E-state index is 9.34. The number of nitrogens with two attached hydrogens (primary N) is 1. The molecule has 0 saturated carbocycles. The molecular weight excluding hydrogens is 174 g/mol. The van der Waals surface area contributed by atoms with Crippen molar-refractivity contribution >= 4 is 11.6 Å². The first kappa shape index (κ1) is 9.36. The van der Waals surface area contributed by atoms with Gasteiger partial charge in [0.1, 0.15) is 5.75 Å². The zero-order valence-corrected chi connectivity index (χ0v) is 7.89. The molecule has 0 fully saturated rings. The van der Waals surface area contributed by atoms with Crippen molar-refractivity contribution in [2.45, 2.75) is 19.9 Å². The fraction of sp³-hybridized carbons (Fsp3) is 0.333. The highest BCUT2D eigenvalue weighted by molar-refractivity contribution is 6.32. The van der Waals surface area contributed by atoms with Crippen LogP contribution in [0, 0.1) is 6.92 Å². The number of benzene rings is 1. The van der Waals surface area contributed by atoms with Crippen LogP contribution in [0.25, 0.3) is 0 Å². The topological polar surface area (TPSA) is 46.2 Å². The van der Waals surface area contributed by atoms with Crippen LogP contribution in [-0.2, 0) is 0 Å². The Morgan fingerprint density at radius 1 is 1.50 bits per heavy atom. The molecule has 0 aliphatic rings. The van der Waals surface area contributed by atoms with Gasteiger partial charge in [0, 0.05) is 6.04 Å². The van der Waals surface area contributed by atoms with Crippen LogP contribution in [0.1, 0.15) is 24.1 Å². The summed E-state index contributed by atoms with van der Waals surface area (Å²) in [6.45, 7) is 3.70. The van der Waals surface area contributed by atoms with Gasteiger partial charge in [0.25, 0.3) is 0 Å². The van der Waals surface area contributed by atoms with Crippen LogP contribution in [0.15, 0.2) is 12.1 Å². The number of halogens is 1. The molecular formula is C9H12ClNO. The predicted octanol–water partition coefficient (Wildman–Crippen LogP) is 2.37. The number of phenols is 1. The molecule has 0 heterocycles. The number of aryl methyl sites for hydroxylation is 1. The van der Waals surface area contributed by atoms with Crippen molar-refractivity contribution in [2.24, 2.45) is 5.73 Å². The van der Waals surface area contributed by atoms with Crippen LogP contribution in [0.4, 0.5) is 0 Å². The lowest BCUT2D eigenvalue weighted by atomic mass is 10.1. The third-order valence-corrected chi connectivity index (χ3v) is 2.28. The third kappa shape index (κ3) is 1.71. The summed E-state index contributed by atoms with van der Waals surface area (Å²) in [6.07, 6.45) is 0. The zero-order valence-electron chi connectivity index (χ0n) is 7.13. The first-order chi connectivity index (χ1) is 5.52. The van der Waals surface area contributed by atoms with E-state index in [4.69, 9.17) is 17.3 Å². The maximum Gasteiger partial charge on any atom is 0.134 e. The Balaban J connectivity index is 3.21. The molecule has 1 atom stereocenters. The van der Waals surface area contributed by atoms with Gasteiger partial charge in [0.05, 0.1) is 5.02 Å². The van der Waals surface area contributed by atoms with Crippen molar-refractivity contribution < 1.29 is 5.11 Å². The Kier molecular flexibility index (Phi) is 2.60. The standard InChI is InChI=1S/C9H12ClNO/c1-5-3-7(6(2)11)4-8(12)9(5)10/h3-4,6,12H,11H2,1-2H3. The highest BCUT2D eigenvalue weighted by Crippen LogP contribution is 2.29. The van der Waals surface area contributed by atoms with E-state index in [2.05, 4.69) is 0 Å². The van der Waals surface area contributed by atoms with Crippen molar-refractivity contribution in [2.75, 3.05) is 0 Å². The molecule has 2 nitrogen and oxygen atoms in total. The van der Waals surface area contributed by atoms with Gasteiger partial charge in [-0.15, -0.1) is 0 Å². The SMILES string of the molecule is Cc1cc(C(C)N)cc(O)c1Cl. The predicted molar refractivity (Wildman–Crippen MR) is 50.5 cm³/mol. The Morgan fingerprint density at radius 2 is 2.08 bits per heavy atom. The minimum absolute atomic E-state index is 0.0770. The number of hydrogen-bond donors (Lipinski definition) is 2. The van der Waals surface area contributed by atoms with E-state index in [0.29, 0.717) is 5.02 Å². The summed E-state index contributed by atoms with van der Waals surface area (Å²) in [6, 6.07) is 3.40. The van der Waals surface area contributed by atoms with E-state index in [0.717, 1.165) is 11.1 Å². The summed E-state index contributed by atoms with van der Waals surface area (Å²) < 4.78 is 0. The van der Waals surface area contributed by atoms with E-state index >= 15 is 0 Å². The maximum absolute atomic E-state index is 9.34. The van der Waals surface area contributed by atoms with Crippen molar-refractivity contribution in [3.63, 3.8) is 0 Å². The molecule has 0 spiro atoms. The van der Waals surface area contributed by atoms with Crippen LogP contribution < -0.4 is 5.73 Å². The molecule has 1 rings (SSSR count). The fourth-order valence-corrected chi connectivity index (χ4v) is 1.15. The minimum Gasteiger partial charge on any atom is -0.506 e. The smallest absolute Gasteiger partial charge is 0.134 e. The summed E-state index contributed by atoms with van der Waals surface area (Å²) in [5.74, 6) is 0.101. The molecule has 0 aliphatic carbocycles. The van der Waals surface area contributed by atoms with Gasteiger partial charge < -0.3 is 10.8 Å². The summed E-state index contributed by atoms with van der Waals surface area (Å²) in [4.78, 5) is 0. The van der Waals surface area contributed by atoms with Crippen LogP contribution in [0.3, 0.4) is 0 Å². The molecule has 0 radical (unpaired) electrons. The van der Waals surface area contributed by atoms with Crippen LogP contribution in [0.2, 0.25) is 5.02 Å². The summed E-state index contributed by atoms with van der Waals surface area (Å²) in [5.41, 5.74) is 7.40. The van der Waals surface area contributed by atoms with Crippen molar-refractivity contribution in [3.05, 3.63) is 28.3 Å². The van der Waals surface area contributed by atoms with Crippen LogP contribution in [0.5, 0.6) is 5.75 Å². The summed E-state index contributed by atoms with van der Waals surface area (Å²) in [5, 5.41) is 9.74. The van der Waals surface area contributed by atoms with Crippen LogP contribution >= 0.6 is 11.6 Å². The number of phenolic OH excluding ortho intramolecular Hbond substituents is 1. The van der Waals surface area contributed by atoms with Gasteiger partial charge in [-0.3, -0.25) is 0 Å². The first-order valence-corrected chi connectivity index (χ1v) is 4.14. The molecule has 0 aliphatic heterocycles. The van der Waals surface area contributed by atoms with Crippen molar-refractivity contribution in [1.29, 1.82) is 0 Å². The fourth-order valence-electron chi connectivity index (χ4n) is 1.04. The third-order valence-electron chi connectivity index (χ3n) is 1.78. The second kappa shape index (κ2) is 3.33. The lowest BCUT2D eigenvalue weighted by Gasteiger charge is -2.09. The molecule has 3 N–H and O–H groups in total. The molecule has 66 valence electrons. The molecule has 12 heavy (non-hydrogen) atoms. The van der Waals surface area contributed by atoms with Gasteiger partial charge in [0.2, 0.25) is 0 Å². The Labute approximate surface area is 77.0 Å². The Bertz CT molecular complexity index is 274. The largest absolute Gasteiger partial charge is 0.506 e. The number of rotatable bonds is 1. The molecule has 1 aromatic rings. The number of hydrogen-bond acceptors (Lipinski definition) is 2. The van der Waals surface area contributed by atoms with E-state index in [1.165, 1.54) is 0 Å². The van der Waals surface area contributed by atoms with E-state index in [9.17, 15) is 5.11 Å². The number of aromatic hydroxyl groups is 1. The molecule has 1 aromatic carbocycles. The van der Waals surface area contributed by atoms with Gasteiger partial charge in [0.15, 0.2) is 0 Å². The first-order valence-electron chi connectivity index (χ1n) is 3.77. The average molecular weight is 186 g/mol. The normalized spacial score (nSPS) is 13.0. The Hall–Kier alpha value is -0.730. The van der Waals surface area contributed by atoms with Crippen molar-refractivity contribution in [3.8, 4) is 5.75 Å². The lowest BCUT2D eigenvalue weighted by Crippen LogP contribution is -2.04. The summed E-state index contributed by atoms with van der Waals surface area (Å²) >= 11 is 5.76. The second-order valence-corrected chi connectivity index (χ2v) is 3.34. The lowest BCUT2D eigenvalue weighted by molar-refractivity contribution is 0.473. The van der Waals surface area contributed by atoms with Gasteiger partial charge in [-0.1, -0.05) is 17.7 Å². The highest BCUT2D eigenvalue weighted by atomic mass is 35.5. The zero-order chi connectivity index (χ0) is 9.30. The van der Waals surface area contributed by atoms with E-state index in [-0.39, 0.29) is 11.8 Å². The molecule has 3 heteroatoms. The van der Waals surface area contributed by atoms with E-state index in [1.807, 2.05) is 19.9 Å². The quantitative estimate of drug-likeness (QED) is 0.706. The average Bonchev–Trinajstić information content (AvgIpc) is 1.99. The molecule has 0 bridgehead atoms. The van der Waals surface area contributed by atoms with E-state index in [1.54, 1.807) is 6.07 Å². The molecule has 1 unspecified atom stereocenters. The highest BCUT2D eigenvalue weighted by Gasteiger charge is 2.06. The van der Waals surface area contributed by atoms with Crippen LogP contribution in [-0.4, -0.2) is 5.11 Å². The molecule has 0 saturated heterocycles. The van der Waals surface area contributed by atoms with Gasteiger partial charge in [-0.05, 0) is 31.0 Å². The Morgan fingerprint density at radius 3 is 2.50 bits per heavy atom. The summed E-state index contributed by atoms with van der Waals surface area (Å²) in [7, 11) is 0.